The third-order valence-electron chi connectivity index (χ3n) is 3.91. The van der Waals surface area contributed by atoms with Gasteiger partial charge in [0.1, 0.15) is 17.5 Å². The number of aryl methyl sites for hydroxylation is 1. The standard InChI is InChI=1S/C18H15F3N6O2/c1-10-24-25-26-27(10)12-3-5-14(20)16(9-12)23-17(28)6-7-22-18(29)13-4-2-11(19)8-15(13)21/h2-5,8-9H,6-7H2,1H3,(H,22,29)(H,23,28). The van der Waals surface area contributed by atoms with Gasteiger partial charge in [-0.3, -0.25) is 9.59 Å². The second-order valence-electron chi connectivity index (χ2n) is 5.98. The van der Waals surface area contributed by atoms with Gasteiger partial charge in [0.15, 0.2) is 5.82 Å². The van der Waals surface area contributed by atoms with Crippen molar-refractivity contribution in [1.29, 1.82) is 0 Å². The average molecular weight is 404 g/mol. The fourth-order valence-electron chi connectivity index (χ4n) is 2.48. The molecule has 1 aromatic heterocycles. The Kier molecular flexibility index (Phi) is 5.86. The monoisotopic (exact) mass is 404 g/mol. The van der Waals surface area contributed by atoms with Crippen LogP contribution in [0.3, 0.4) is 0 Å². The first-order valence-electron chi connectivity index (χ1n) is 8.43. The number of carbonyl (C=O) groups excluding carboxylic acids is 2. The van der Waals surface area contributed by atoms with Gasteiger partial charge in [-0.1, -0.05) is 0 Å². The number of nitrogens with zero attached hydrogens (tertiary/aromatic N) is 4. The van der Waals surface area contributed by atoms with E-state index in [4.69, 9.17) is 0 Å². The second-order valence-corrected chi connectivity index (χ2v) is 5.98. The highest BCUT2D eigenvalue weighted by molar-refractivity contribution is 5.95. The molecule has 0 bridgehead atoms. The number of aromatic nitrogens is 4. The lowest BCUT2D eigenvalue weighted by Crippen LogP contribution is -2.28. The van der Waals surface area contributed by atoms with E-state index < -0.39 is 29.3 Å². The molecule has 0 saturated carbocycles. The Bertz CT molecular complexity index is 1070. The molecule has 0 radical (unpaired) electrons. The highest BCUT2D eigenvalue weighted by Gasteiger charge is 2.14. The first-order valence-corrected chi connectivity index (χ1v) is 8.43. The van der Waals surface area contributed by atoms with Crippen molar-refractivity contribution in [2.24, 2.45) is 0 Å². The van der Waals surface area contributed by atoms with Crippen LogP contribution < -0.4 is 10.6 Å². The Morgan fingerprint density at radius 1 is 1.07 bits per heavy atom. The van der Waals surface area contributed by atoms with E-state index in [1.54, 1.807) is 6.92 Å². The van der Waals surface area contributed by atoms with Crippen LogP contribution in [0.4, 0.5) is 18.9 Å². The smallest absolute Gasteiger partial charge is 0.254 e. The number of rotatable bonds is 6. The highest BCUT2D eigenvalue weighted by atomic mass is 19.1. The number of anilines is 1. The first kappa shape index (κ1) is 20.0. The van der Waals surface area contributed by atoms with Crippen LogP contribution in [0.5, 0.6) is 0 Å². The number of carbonyl (C=O) groups is 2. The maximum absolute atomic E-state index is 14.0. The molecule has 0 spiro atoms. The molecule has 0 aliphatic heterocycles. The Morgan fingerprint density at radius 3 is 2.55 bits per heavy atom. The molecule has 0 aliphatic carbocycles. The van der Waals surface area contributed by atoms with E-state index in [1.165, 1.54) is 16.8 Å². The maximum Gasteiger partial charge on any atom is 0.254 e. The second kappa shape index (κ2) is 8.50. The van der Waals surface area contributed by atoms with Gasteiger partial charge in [-0.15, -0.1) is 5.10 Å². The van der Waals surface area contributed by atoms with Crippen molar-refractivity contribution >= 4 is 17.5 Å². The van der Waals surface area contributed by atoms with E-state index >= 15 is 0 Å². The van der Waals surface area contributed by atoms with E-state index in [2.05, 4.69) is 26.2 Å². The molecule has 2 N–H and O–H groups in total. The van der Waals surface area contributed by atoms with Gasteiger partial charge in [0.05, 0.1) is 16.9 Å². The number of nitrogens with one attached hydrogen (secondary N) is 2. The van der Waals surface area contributed by atoms with Crippen molar-refractivity contribution in [3.05, 3.63) is 65.2 Å². The summed E-state index contributed by atoms with van der Waals surface area (Å²) in [6, 6.07) is 6.51. The van der Waals surface area contributed by atoms with Gasteiger partial charge in [0.2, 0.25) is 5.91 Å². The molecule has 0 fully saturated rings. The molecule has 11 heteroatoms. The molecule has 0 saturated heterocycles. The lowest BCUT2D eigenvalue weighted by atomic mass is 10.2. The summed E-state index contributed by atoms with van der Waals surface area (Å²) in [5.74, 6) is -3.37. The lowest BCUT2D eigenvalue weighted by Gasteiger charge is -2.10. The van der Waals surface area contributed by atoms with Gasteiger partial charge in [-0.2, -0.15) is 4.68 Å². The molecule has 150 valence electrons. The minimum absolute atomic E-state index is 0.0849. The maximum atomic E-state index is 14.0. The number of amides is 2. The predicted molar refractivity (Wildman–Crippen MR) is 95.8 cm³/mol. The zero-order valence-corrected chi connectivity index (χ0v) is 15.1. The third-order valence-corrected chi connectivity index (χ3v) is 3.91. The highest BCUT2D eigenvalue weighted by Crippen LogP contribution is 2.19. The number of hydrogen-bond donors (Lipinski definition) is 2. The van der Waals surface area contributed by atoms with Crippen LogP contribution in [0.2, 0.25) is 0 Å². The van der Waals surface area contributed by atoms with Crippen LogP contribution in [0.1, 0.15) is 22.6 Å². The van der Waals surface area contributed by atoms with Crippen molar-refractivity contribution in [3.63, 3.8) is 0 Å². The van der Waals surface area contributed by atoms with Crippen LogP contribution in [0.15, 0.2) is 36.4 Å². The summed E-state index contributed by atoms with van der Waals surface area (Å²) in [5.41, 5.74) is 0.0185. The summed E-state index contributed by atoms with van der Waals surface area (Å²) in [5, 5.41) is 15.7. The fraction of sp³-hybridized carbons (Fsp3) is 0.167. The van der Waals surface area contributed by atoms with Gasteiger partial charge in [0.25, 0.3) is 5.91 Å². The number of halogens is 3. The van der Waals surface area contributed by atoms with Gasteiger partial charge < -0.3 is 10.6 Å². The Labute approximate surface area is 162 Å². The van der Waals surface area contributed by atoms with Gasteiger partial charge in [0, 0.05) is 19.0 Å². The number of tetrazole rings is 1. The van der Waals surface area contributed by atoms with Gasteiger partial charge in [-0.25, -0.2) is 13.2 Å². The van der Waals surface area contributed by atoms with Crippen LogP contribution in [0.25, 0.3) is 5.69 Å². The molecule has 0 atom stereocenters. The van der Waals surface area contributed by atoms with E-state index in [9.17, 15) is 22.8 Å². The van der Waals surface area contributed by atoms with E-state index in [-0.39, 0.29) is 24.2 Å². The van der Waals surface area contributed by atoms with Crippen molar-refractivity contribution in [1.82, 2.24) is 25.5 Å². The van der Waals surface area contributed by atoms with Crippen LogP contribution >= 0.6 is 0 Å². The van der Waals surface area contributed by atoms with E-state index in [0.29, 0.717) is 17.6 Å². The molecular weight excluding hydrogens is 389 g/mol. The summed E-state index contributed by atoms with van der Waals surface area (Å²) < 4.78 is 41.8. The van der Waals surface area contributed by atoms with Crippen LogP contribution in [0, 0.1) is 24.4 Å². The van der Waals surface area contributed by atoms with Crippen molar-refractivity contribution in [2.75, 3.05) is 11.9 Å². The zero-order valence-electron chi connectivity index (χ0n) is 15.1. The minimum Gasteiger partial charge on any atom is -0.351 e. The molecule has 29 heavy (non-hydrogen) atoms. The Balaban J connectivity index is 1.58. The summed E-state index contributed by atoms with van der Waals surface area (Å²) >= 11 is 0. The number of hydrogen-bond acceptors (Lipinski definition) is 5. The zero-order chi connectivity index (χ0) is 21.0. The lowest BCUT2D eigenvalue weighted by molar-refractivity contribution is -0.116. The molecule has 8 nitrogen and oxygen atoms in total. The quantitative estimate of drug-likeness (QED) is 0.656. The van der Waals surface area contributed by atoms with E-state index in [1.807, 2.05) is 0 Å². The largest absolute Gasteiger partial charge is 0.351 e. The molecule has 0 unspecified atom stereocenters. The minimum atomic E-state index is -1.01. The van der Waals surface area contributed by atoms with Gasteiger partial charge in [-0.05, 0) is 47.7 Å². The molecule has 3 rings (SSSR count). The number of benzene rings is 2. The summed E-state index contributed by atoms with van der Waals surface area (Å²) in [6.07, 6.45) is -0.192. The van der Waals surface area contributed by atoms with E-state index in [0.717, 1.165) is 18.2 Å². The van der Waals surface area contributed by atoms with Crippen molar-refractivity contribution in [2.45, 2.75) is 13.3 Å². The SMILES string of the molecule is Cc1nnnn1-c1ccc(F)c(NC(=O)CCNC(=O)c2ccc(F)cc2F)c1. The first-order chi connectivity index (χ1) is 13.8. The summed E-state index contributed by atoms with van der Waals surface area (Å²) in [7, 11) is 0. The Hall–Kier alpha value is -3.76. The third kappa shape index (κ3) is 4.75. The van der Waals surface area contributed by atoms with Crippen molar-refractivity contribution in [3.8, 4) is 5.69 Å². The molecular formula is C18H15F3N6O2. The molecule has 0 aliphatic rings. The van der Waals surface area contributed by atoms with Gasteiger partial charge >= 0.3 is 0 Å². The predicted octanol–water partition coefficient (Wildman–Crippen LogP) is 2.15. The topological polar surface area (TPSA) is 102 Å². The van der Waals surface area contributed by atoms with Crippen LogP contribution in [-0.2, 0) is 4.79 Å². The fourth-order valence-corrected chi connectivity index (χ4v) is 2.48. The molecule has 1 heterocycles. The average Bonchev–Trinajstić information content (AvgIpc) is 3.09. The molecule has 2 aromatic carbocycles. The molecule has 2 amide bonds. The van der Waals surface area contributed by atoms with Crippen LogP contribution in [-0.4, -0.2) is 38.6 Å². The molecule has 3 aromatic rings. The summed E-state index contributed by atoms with van der Waals surface area (Å²) in [6.45, 7) is 1.53. The van der Waals surface area contributed by atoms with Crippen molar-refractivity contribution < 1.29 is 22.8 Å². The normalized spacial score (nSPS) is 10.6. The summed E-state index contributed by atoms with van der Waals surface area (Å²) in [4.78, 5) is 24.0. The Morgan fingerprint density at radius 2 is 1.86 bits per heavy atom.